The van der Waals surface area contributed by atoms with Gasteiger partial charge in [-0.2, -0.15) is 0 Å². The van der Waals surface area contributed by atoms with E-state index in [1.54, 1.807) is 0 Å². The molecule has 0 aliphatic carbocycles. The molecule has 94 valence electrons. The highest BCUT2D eigenvalue weighted by molar-refractivity contribution is 9.10. The van der Waals surface area contributed by atoms with Crippen LogP contribution in [0.15, 0.2) is 34.9 Å². The zero-order valence-corrected chi connectivity index (χ0v) is 12.1. The Hall–Kier alpha value is -1.13. The van der Waals surface area contributed by atoms with E-state index in [2.05, 4.69) is 52.7 Å². The minimum absolute atomic E-state index is 0.300. The lowest BCUT2D eigenvalue weighted by atomic mass is 10.1. The summed E-state index contributed by atoms with van der Waals surface area (Å²) in [4.78, 5) is 4.73. The summed E-state index contributed by atoms with van der Waals surface area (Å²) in [5, 5.41) is 0. The molecule has 0 N–H and O–H groups in total. The molecule has 3 nitrogen and oxygen atoms in total. The zero-order valence-electron chi connectivity index (χ0n) is 10.5. The number of hydrogen-bond donors (Lipinski definition) is 0. The second kappa shape index (κ2) is 4.21. The van der Waals surface area contributed by atoms with E-state index < -0.39 is 0 Å². The van der Waals surface area contributed by atoms with Gasteiger partial charge in [0, 0.05) is 22.8 Å². The maximum atomic E-state index is 5.77. The summed E-state index contributed by atoms with van der Waals surface area (Å²) in [5.41, 5.74) is 1.85. The Labute approximate surface area is 115 Å². The van der Waals surface area contributed by atoms with Gasteiger partial charge in [0.15, 0.2) is 0 Å². The molecule has 1 aromatic heterocycles. The Morgan fingerprint density at radius 3 is 2.67 bits per heavy atom. The van der Waals surface area contributed by atoms with Crippen molar-refractivity contribution in [3.63, 3.8) is 0 Å². The van der Waals surface area contributed by atoms with Crippen LogP contribution in [0.3, 0.4) is 0 Å². The smallest absolute Gasteiger partial charge is 0.141 e. The molecular formula is C14H15BrN2O. The van der Waals surface area contributed by atoms with E-state index in [1.165, 1.54) is 0 Å². The van der Waals surface area contributed by atoms with E-state index in [0.717, 1.165) is 34.7 Å². The molecular weight excluding hydrogens is 292 g/mol. The molecule has 0 saturated heterocycles. The standard InChI is InChI=1S/C14H15BrN2O/c1-14(2)13-16-12(9-17(13)7-8-18-14)10-3-5-11(15)6-4-10/h3-6,9H,7-8H2,1-2H3. The molecule has 0 spiro atoms. The fraction of sp³-hybridized carbons (Fsp3) is 0.357. The number of benzene rings is 1. The van der Waals surface area contributed by atoms with Crippen molar-refractivity contribution in [1.82, 2.24) is 9.55 Å². The lowest BCUT2D eigenvalue weighted by Crippen LogP contribution is -2.33. The maximum absolute atomic E-state index is 5.77. The molecule has 2 heterocycles. The minimum Gasteiger partial charge on any atom is -0.366 e. The predicted octanol–water partition coefficient (Wildman–Crippen LogP) is 3.58. The number of halogens is 1. The monoisotopic (exact) mass is 306 g/mol. The van der Waals surface area contributed by atoms with Crippen LogP contribution in [-0.4, -0.2) is 16.2 Å². The van der Waals surface area contributed by atoms with Crippen LogP contribution in [0.1, 0.15) is 19.7 Å². The quantitative estimate of drug-likeness (QED) is 0.805. The van der Waals surface area contributed by atoms with Crippen molar-refractivity contribution in [3.8, 4) is 11.3 Å². The van der Waals surface area contributed by atoms with Gasteiger partial charge in [-0.15, -0.1) is 0 Å². The van der Waals surface area contributed by atoms with Crippen molar-refractivity contribution in [2.75, 3.05) is 6.61 Å². The third-order valence-electron chi connectivity index (χ3n) is 3.25. The minimum atomic E-state index is -0.300. The van der Waals surface area contributed by atoms with E-state index >= 15 is 0 Å². The summed E-state index contributed by atoms with van der Waals surface area (Å²) in [7, 11) is 0. The van der Waals surface area contributed by atoms with Crippen molar-refractivity contribution in [1.29, 1.82) is 0 Å². The molecule has 0 amide bonds. The Bertz CT molecular complexity index is 572. The van der Waals surface area contributed by atoms with Gasteiger partial charge < -0.3 is 9.30 Å². The summed E-state index contributed by atoms with van der Waals surface area (Å²) in [6, 6.07) is 8.23. The number of aromatic nitrogens is 2. The average Bonchev–Trinajstić information content (AvgIpc) is 2.75. The first-order valence-corrected chi connectivity index (χ1v) is 6.83. The number of nitrogens with zero attached hydrogens (tertiary/aromatic N) is 2. The molecule has 2 aromatic rings. The van der Waals surface area contributed by atoms with Gasteiger partial charge in [-0.1, -0.05) is 28.1 Å². The number of fused-ring (bicyclic) bond motifs is 1. The lowest BCUT2D eigenvalue weighted by Gasteiger charge is -2.30. The molecule has 4 heteroatoms. The topological polar surface area (TPSA) is 27.1 Å². The summed E-state index contributed by atoms with van der Waals surface area (Å²) in [6.45, 7) is 5.76. The Balaban J connectivity index is 2.05. The molecule has 1 aromatic carbocycles. The van der Waals surface area contributed by atoms with Gasteiger partial charge in [0.2, 0.25) is 0 Å². The van der Waals surface area contributed by atoms with Crippen LogP contribution >= 0.6 is 15.9 Å². The molecule has 0 saturated carbocycles. The number of hydrogen-bond acceptors (Lipinski definition) is 2. The first-order chi connectivity index (χ1) is 8.56. The van der Waals surface area contributed by atoms with Crippen molar-refractivity contribution in [2.24, 2.45) is 0 Å². The lowest BCUT2D eigenvalue weighted by molar-refractivity contribution is -0.0538. The highest BCUT2D eigenvalue weighted by Crippen LogP contribution is 2.30. The highest BCUT2D eigenvalue weighted by Gasteiger charge is 2.31. The Kier molecular flexibility index (Phi) is 2.79. The van der Waals surface area contributed by atoms with Gasteiger partial charge in [0.1, 0.15) is 11.4 Å². The van der Waals surface area contributed by atoms with Crippen molar-refractivity contribution >= 4 is 15.9 Å². The zero-order chi connectivity index (χ0) is 12.8. The molecule has 0 atom stereocenters. The third-order valence-corrected chi connectivity index (χ3v) is 3.78. The van der Waals surface area contributed by atoms with E-state index in [4.69, 9.17) is 9.72 Å². The van der Waals surface area contributed by atoms with E-state index in [-0.39, 0.29) is 5.60 Å². The third kappa shape index (κ3) is 1.99. The molecule has 0 bridgehead atoms. The molecule has 0 fully saturated rings. The maximum Gasteiger partial charge on any atom is 0.141 e. The average molecular weight is 307 g/mol. The molecule has 1 aliphatic heterocycles. The normalized spacial score (nSPS) is 17.5. The second-order valence-corrected chi connectivity index (χ2v) is 5.92. The summed E-state index contributed by atoms with van der Waals surface area (Å²) >= 11 is 3.45. The fourth-order valence-electron chi connectivity index (χ4n) is 2.29. The number of rotatable bonds is 1. The van der Waals surface area contributed by atoms with Crippen molar-refractivity contribution in [2.45, 2.75) is 26.0 Å². The number of imidazole rings is 1. The van der Waals surface area contributed by atoms with Crippen LogP contribution in [0.4, 0.5) is 0 Å². The molecule has 18 heavy (non-hydrogen) atoms. The largest absolute Gasteiger partial charge is 0.366 e. The second-order valence-electron chi connectivity index (χ2n) is 5.01. The molecule has 0 unspecified atom stereocenters. The predicted molar refractivity (Wildman–Crippen MR) is 74.3 cm³/mol. The SMILES string of the molecule is CC1(C)OCCn2cc(-c3ccc(Br)cc3)nc21. The first kappa shape index (κ1) is 11.9. The highest BCUT2D eigenvalue weighted by atomic mass is 79.9. The van der Waals surface area contributed by atoms with E-state index in [9.17, 15) is 0 Å². The summed E-state index contributed by atoms with van der Waals surface area (Å²) in [5.74, 6) is 1.01. The first-order valence-electron chi connectivity index (χ1n) is 6.04. The van der Waals surface area contributed by atoms with Gasteiger partial charge in [0.25, 0.3) is 0 Å². The fourth-order valence-corrected chi connectivity index (χ4v) is 2.55. The molecule has 0 radical (unpaired) electrons. The van der Waals surface area contributed by atoms with Crippen molar-refractivity contribution in [3.05, 3.63) is 40.8 Å². The van der Waals surface area contributed by atoms with Crippen LogP contribution < -0.4 is 0 Å². The van der Waals surface area contributed by atoms with Gasteiger partial charge >= 0.3 is 0 Å². The van der Waals surface area contributed by atoms with Gasteiger partial charge in [-0.25, -0.2) is 4.98 Å². The van der Waals surface area contributed by atoms with Crippen molar-refractivity contribution < 1.29 is 4.74 Å². The van der Waals surface area contributed by atoms with Gasteiger partial charge in [-0.05, 0) is 26.0 Å². The summed E-state index contributed by atoms with van der Waals surface area (Å²) < 4.78 is 9.05. The summed E-state index contributed by atoms with van der Waals surface area (Å²) in [6.07, 6.45) is 2.11. The van der Waals surface area contributed by atoms with Crippen LogP contribution in [-0.2, 0) is 16.9 Å². The van der Waals surface area contributed by atoms with Crippen LogP contribution in [0, 0.1) is 0 Å². The van der Waals surface area contributed by atoms with E-state index in [0.29, 0.717) is 0 Å². The van der Waals surface area contributed by atoms with E-state index in [1.807, 2.05) is 12.1 Å². The Morgan fingerprint density at radius 1 is 1.28 bits per heavy atom. The van der Waals surface area contributed by atoms with Crippen LogP contribution in [0.2, 0.25) is 0 Å². The van der Waals surface area contributed by atoms with Gasteiger partial charge in [-0.3, -0.25) is 0 Å². The van der Waals surface area contributed by atoms with Crippen LogP contribution in [0.5, 0.6) is 0 Å². The van der Waals surface area contributed by atoms with Crippen LogP contribution in [0.25, 0.3) is 11.3 Å². The number of ether oxygens (including phenoxy) is 1. The molecule has 3 rings (SSSR count). The molecule has 1 aliphatic rings. The van der Waals surface area contributed by atoms with Gasteiger partial charge in [0.05, 0.1) is 12.3 Å². The Morgan fingerprint density at radius 2 is 2.00 bits per heavy atom.